The summed E-state index contributed by atoms with van der Waals surface area (Å²) < 4.78 is 6.55. The molecule has 0 aliphatic carbocycles. The van der Waals surface area contributed by atoms with Crippen LogP contribution in [0.5, 0.6) is 0 Å². The smallest absolute Gasteiger partial charge is 0.195 e. The maximum Gasteiger partial charge on any atom is 0.195 e. The molecule has 4 heteroatoms. The molecule has 0 radical (unpaired) electrons. The van der Waals surface area contributed by atoms with Gasteiger partial charge in [-0.25, -0.2) is 4.98 Å². The Hall–Kier alpha value is -0.870. The van der Waals surface area contributed by atoms with E-state index >= 15 is 0 Å². The summed E-state index contributed by atoms with van der Waals surface area (Å²) >= 11 is 3.39. The van der Waals surface area contributed by atoms with Crippen molar-refractivity contribution in [1.82, 2.24) is 4.98 Å². The summed E-state index contributed by atoms with van der Waals surface area (Å²) in [5.41, 5.74) is 7.15. The molecule has 0 aliphatic rings. The fourth-order valence-electron chi connectivity index (χ4n) is 1.31. The molecule has 0 fully saturated rings. The van der Waals surface area contributed by atoms with Crippen molar-refractivity contribution in [3.8, 4) is 0 Å². The number of hydrogen-bond donors (Lipinski definition) is 1. The Kier molecular flexibility index (Phi) is 2.84. The van der Waals surface area contributed by atoms with Crippen molar-refractivity contribution in [2.45, 2.75) is 12.8 Å². The van der Waals surface area contributed by atoms with E-state index in [0.717, 1.165) is 34.3 Å². The quantitative estimate of drug-likeness (QED) is 0.916. The number of nitrogens with zero attached hydrogens (tertiary/aromatic N) is 1. The fraction of sp³-hybridized carbons (Fsp3) is 0.300. The van der Waals surface area contributed by atoms with Crippen LogP contribution in [0.1, 0.15) is 12.3 Å². The van der Waals surface area contributed by atoms with Crippen LogP contribution in [0.15, 0.2) is 27.1 Å². The number of rotatable bonds is 3. The minimum absolute atomic E-state index is 0.669. The molecule has 0 aliphatic heterocycles. The second-order valence-electron chi connectivity index (χ2n) is 3.11. The molecule has 14 heavy (non-hydrogen) atoms. The van der Waals surface area contributed by atoms with E-state index in [1.807, 2.05) is 18.2 Å². The summed E-state index contributed by atoms with van der Waals surface area (Å²) in [6.07, 6.45) is 1.72. The zero-order chi connectivity index (χ0) is 9.97. The Balaban J connectivity index is 2.32. The highest BCUT2D eigenvalue weighted by Crippen LogP contribution is 2.20. The van der Waals surface area contributed by atoms with Crippen LogP contribution in [0.25, 0.3) is 11.1 Å². The van der Waals surface area contributed by atoms with Crippen molar-refractivity contribution in [3.05, 3.63) is 28.6 Å². The molecule has 2 aromatic rings. The van der Waals surface area contributed by atoms with E-state index in [1.54, 1.807) is 0 Å². The van der Waals surface area contributed by atoms with Gasteiger partial charge in [-0.15, -0.1) is 0 Å². The van der Waals surface area contributed by atoms with Crippen molar-refractivity contribution in [3.63, 3.8) is 0 Å². The summed E-state index contributed by atoms with van der Waals surface area (Å²) in [5.74, 6) is 0.767. The first-order valence-electron chi connectivity index (χ1n) is 4.54. The van der Waals surface area contributed by atoms with Gasteiger partial charge in [-0.3, -0.25) is 0 Å². The van der Waals surface area contributed by atoms with Gasteiger partial charge in [0, 0.05) is 10.9 Å². The third-order valence-corrected chi connectivity index (χ3v) is 2.48. The topological polar surface area (TPSA) is 52.0 Å². The van der Waals surface area contributed by atoms with Gasteiger partial charge >= 0.3 is 0 Å². The van der Waals surface area contributed by atoms with Crippen LogP contribution in [-0.2, 0) is 6.42 Å². The van der Waals surface area contributed by atoms with Gasteiger partial charge in [0.2, 0.25) is 0 Å². The van der Waals surface area contributed by atoms with Gasteiger partial charge in [-0.2, -0.15) is 0 Å². The van der Waals surface area contributed by atoms with E-state index in [-0.39, 0.29) is 0 Å². The van der Waals surface area contributed by atoms with Crippen LogP contribution in [0, 0.1) is 0 Å². The maximum atomic E-state index is 5.54. The molecule has 2 N–H and O–H groups in total. The maximum absolute atomic E-state index is 5.54. The monoisotopic (exact) mass is 254 g/mol. The second kappa shape index (κ2) is 4.11. The summed E-state index contributed by atoms with van der Waals surface area (Å²) in [5, 5.41) is 0. The number of fused-ring (bicyclic) bond motifs is 1. The zero-order valence-corrected chi connectivity index (χ0v) is 9.25. The summed E-state index contributed by atoms with van der Waals surface area (Å²) in [7, 11) is 0. The number of benzene rings is 1. The summed E-state index contributed by atoms with van der Waals surface area (Å²) in [6, 6.07) is 5.81. The highest BCUT2D eigenvalue weighted by atomic mass is 79.9. The lowest BCUT2D eigenvalue weighted by Gasteiger charge is -1.89. The molecular formula is C10H11BrN2O. The highest BCUT2D eigenvalue weighted by Gasteiger charge is 2.04. The standard InChI is InChI=1S/C10H11BrN2O/c11-7-3-4-9-8(6-7)13-10(14-9)2-1-5-12/h3-4,6H,1-2,5,12H2. The first kappa shape index (κ1) is 9.68. The molecule has 0 saturated heterocycles. The predicted octanol–water partition coefficient (Wildman–Crippen LogP) is 2.48. The lowest BCUT2D eigenvalue weighted by Crippen LogP contribution is -2.00. The zero-order valence-electron chi connectivity index (χ0n) is 7.66. The normalized spacial score (nSPS) is 11.0. The molecule has 0 spiro atoms. The SMILES string of the molecule is NCCCc1nc2cc(Br)ccc2o1. The van der Waals surface area contributed by atoms with Crippen LogP contribution < -0.4 is 5.73 Å². The van der Waals surface area contributed by atoms with Crippen LogP contribution in [0.2, 0.25) is 0 Å². The first-order chi connectivity index (χ1) is 6.79. The van der Waals surface area contributed by atoms with Gasteiger partial charge in [0.25, 0.3) is 0 Å². The number of aryl methyl sites for hydroxylation is 1. The van der Waals surface area contributed by atoms with Crippen LogP contribution >= 0.6 is 15.9 Å². The van der Waals surface area contributed by atoms with Gasteiger partial charge in [-0.1, -0.05) is 15.9 Å². The minimum Gasteiger partial charge on any atom is -0.441 e. The molecule has 1 aromatic carbocycles. The fourth-order valence-corrected chi connectivity index (χ4v) is 1.66. The predicted molar refractivity (Wildman–Crippen MR) is 59.1 cm³/mol. The van der Waals surface area contributed by atoms with Crippen LogP contribution in [0.4, 0.5) is 0 Å². The average Bonchev–Trinajstić information content (AvgIpc) is 2.56. The van der Waals surface area contributed by atoms with Gasteiger partial charge < -0.3 is 10.2 Å². The highest BCUT2D eigenvalue weighted by molar-refractivity contribution is 9.10. The average molecular weight is 255 g/mol. The van der Waals surface area contributed by atoms with Gasteiger partial charge in [0.05, 0.1) is 0 Å². The molecule has 1 aromatic heterocycles. The Morgan fingerprint density at radius 1 is 1.43 bits per heavy atom. The Morgan fingerprint density at radius 3 is 3.07 bits per heavy atom. The number of halogens is 1. The van der Waals surface area contributed by atoms with E-state index in [9.17, 15) is 0 Å². The Labute approximate surface area is 90.4 Å². The molecule has 1 heterocycles. The molecule has 0 amide bonds. The van der Waals surface area contributed by atoms with Crippen molar-refractivity contribution >= 4 is 27.0 Å². The van der Waals surface area contributed by atoms with Crippen molar-refractivity contribution in [2.24, 2.45) is 5.73 Å². The van der Waals surface area contributed by atoms with Crippen molar-refractivity contribution < 1.29 is 4.42 Å². The molecule has 74 valence electrons. The van der Waals surface area contributed by atoms with E-state index in [0.29, 0.717) is 6.54 Å². The number of aromatic nitrogens is 1. The third kappa shape index (κ3) is 1.96. The van der Waals surface area contributed by atoms with Crippen LogP contribution in [-0.4, -0.2) is 11.5 Å². The first-order valence-corrected chi connectivity index (χ1v) is 5.34. The van der Waals surface area contributed by atoms with Crippen molar-refractivity contribution in [1.29, 1.82) is 0 Å². The lowest BCUT2D eigenvalue weighted by atomic mass is 10.3. The molecule has 0 unspecified atom stereocenters. The van der Waals surface area contributed by atoms with Crippen LogP contribution in [0.3, 0.4) is 0 Å². The van der Waals surface area contributed by atoms with Gasteiger partial charge in [0.1, 0.15) is 5.52 Å². The molecule has 0 bridgehead atoms. The number of hydrogen-bond acceptors (Lipinski definition) is 3. The molecule has 3 nitrogen and oxygen atoms in total. The number of oxazole rings is 1. The third-order valence-electron chi connectivity index (χ3n) is 1.99. The van der Waals surface area contributed by atoms with E-state index in [4.69, 9.17) is 10.2 Å². The molecule has 0 atom stereocenters. The minimum atomic E-state index is 0.669. The lowest BCUT2D eigenvalue weighted by molar-refractivity contribution is 0.521. The number of nitrogens with two attached hydrogens (primary N) is 1. The Morgan fingerprint density at radius 2 is 2.29 bits per heavy atom. The molecule has 0 saturated carbocycles. The van der Waals surface area contributed by atoms with Crippen molar-refractivity contribution in [2.75, 3.05) is 6.54 Å². The van der Waals surface area contributed by atoms with E-state index in [2.05, 4.69) is 20.9 Å². The van der Waals surface area contributed by atoms with Gasteiger partial charge in [0.15, 0.2) is 11.5 Å². The summed E-state index contributed by atoms with van der Waals surface area (Å²) in [4.78, 5) is 4.36. The van der Waals surface area contributed by atoms with E-state index in [1.165, 1.54) is 0 Å². The Bertz CT molecular complexity index is 439. The van der Waals surface area contributed by atoms with E-state index < -0.39 is 0 Å². The van der Waals surface area contributed by atoms with Gasteiger partial charge in [-0.05, 0) is 31.2 Å². The molecule has 2 rings (SSSR count). The largest absolute Gasteiger partial charge is 0.441 e. The molecular weight excluding hydrogens is 244 g/mol. The summed E-state index contributed by atoms with van der Waals surface area (Å²) in [6.45, 7) is 0.669. The second-order valence-corrected chi connectivity index (χ2v) is 4.03.